The molecular weight excluding hydrogens is 458 g/mol. The van der Waals surface area contributed by atoms with Crippen LogP contribution in [0.1, 0.15) is 18.4 Å². The van der Waals surface area contributed by atoms with Gasteiger partial charge in [0.05, 0.1) is 11.7 Å². The second-order valence-corrected chi connectivity index (χ2v) is 8.93. The summed E-state index contributed by atoms with van der Waals surface area (Å²) in [5.41, 5.74) is 4.48. The van der Waals surface area contributed by atoms with Crippen molar-refractivity contribution in [3.63, 3.8) is 0 Å². The van der Waals surface area contributed by atoms with Gasteiger partial charge in [0.2, 0.25) is 11.9 Å². The summed E-state index contributed by atoms with van der Waals surface area (Å²) in [6.45, 7) is 2.27. The SMILES string of the molecule is Cc1ccc2nc(Nc3cc(OCC(=O)NCC4CCC(=O)N4)cc(-c4cnn(C)c4)c3)ncc2c1. The second kappa shape index (κ2) is 10.0. The minimum Gasteiger partial charge on any atom is -0.484 e. The smallest absolute Gasteiger partial charge is 0.258 e. The summed E-state index contributed by atoms with van der Waals surface area (Å²) in [6.07, 6.45) is 6.67. The maximum atomic E-state index is 12.3. The first-order chi connectivity index (χ1) is 17.4. The molecule has 2 aromatic heterocycles. The van der Waals surface area contributed by atoms with Gasteiger partial charge in [0.1, 0.15) is 5.75 Å². The first-order valence-electron chi connectivity index (χ1n) is 11.7. The van der Waals surface area contributed by atoms with Gasteiger partial charge in [-0.15, -0.1) is 0 Å². The predicted molar refractivity (Wildman–Crippen MR) is 136 cm³/mol. The lowest BCUT2D eigenvalue weighted by atomic mass is 10.1. The maximum absolute atomic E-state index is 12.3. The number of aromatic nitrogens is 4. The summed E-state index contributed by atoms with van der Waals surface area (Å²) in [4.78, 5) is 32.7. The summed E-state index contributed by atoms with van der Waals surface area (Å²) in [5.74, 6) is 0.727. The van der Waals surface area contributed by atoms with E-state index < -0.39 is 0 Å². The average molecular weight is 486 g/mol. The number of hydrogen-bond donors (Lipinski definition) is 3. The molecule has 2 aromatic carbocycles. The fourth-order valence-corrected chi connectivity index (χ4v) is 4.10. The number of fused-ring (bicyclic) bond motifs is 1. The Labute approximate surface area is 208 Å². The minimum atomic E-state index is -0.259. The van der Waals surface area contributed by atoms with Crippen LogP contribution in [0.5, 0.6) is 5.75 Å². The van der Waals surface area contributed by atoms with E-state index in [9.17, 15) is 9.59 Å². The second-order valence-electron chi connectivity index (χ2n) is 8.93. The van der Waals surface area contributed by atoms with Gasteiger partial charge in [-0.25, -0.2) is 9.97 Å². The third kappa shape index (κ3) is 5.60. The van der Waals surface area contributed by atoms with Gasteiger partial charge >= 0.3 is 0 Å². The van der Waals surface area contributed by atoms with Gasteiger partial charge in [0.15, 0.2) is 6.61 Å². The normalized spacial score (nSPS) is 15.1. The number of carbonyl (C=O) groups excluding carboxylic acids is 2. The van der Waals surface area contributed by atoms with Crippen molar-refractivity contribution in [3.05, 3.63) is 60.6 Å². The molecule has 2 amide bonds. The molecule has 3 heterocycles. The highest BCUT2D eigenvalue weighted by Crippen LogP contribution is 2.30. The molecule has 0 spiro atoms. The van der Waals surface area contributed by atoms with Crippen molar-refractivity contribution in [1.29, 1.82) is 0 Å². The minimum absolute atomic E-state index is 0.0169. The van der Waals surface area contributed by atoms with Gasteiger partial charge in [0, 0.05) is 61.2 Å². The van der Waals surface area contributed by atoms with E-state index in [1.165, 1.54) is 0 Å². The molecule has 3 N–H and O–H groups in total. The monoisotopic (exact) mass is 485 g/mol. The summed E-state index contributed by atoms with van der Waals surface area (Å²) in [5, 5.41) is 14.1. The average Bonchev–Trinajstić information content (AvgIpc) is 3.49. The standard InChI is InChI=1S/C26H27N7O3/c1-16-3-5-23-18(7-16)11-28-26(32-23)31-21-8-17(19-12-29-33(2)14-19)9-22(10-21)36-15-25(35)27-13-20-4-6-24(34)30-20/h3,5,7-12,14,20H,4,6,13,15H2,1-2H3,(H,27,35)(H,30,34)(H,28,31,32). The molecule has 10 nitrogen and oxygen atoms in total. The van der Waals surface area contributed by atoms with Gasteiger partial charge < -0.3 is 20.7 Å². The van der Waals surface area contributed by atoms with E-state index in [1.54, 1.807) is 23.1 Å². The molecule has 1 aliphatic rings. The van der Waals surface area contributed by atoms with Crippen molar-refractivity contribution < 1.29 is 14.3 Å². The Morgan fingerprint density at radius 3 is 2.86 bits per heavy atom. The van der Waals surface area contributed by atoms with E-state index in [0.717, 1.165) is 34.0 Å². The van der Waals surface area contributed by atoms with Crippen LogP contribution in [0, 0.1) is 6.92 Å². The van der Waals surface area contributed by atoms with Crippen LogP contribution >= 0.6 is 0 Å². The Morgan fingerprint density at radius 1 is 1.19 bits per heavy atom. The molecule has 1 saturated heterocycles. The molecule has 0 aliphatic carbocycles. The van der Waals surface area contributed by atoms with E-state index in [2.05, 4.69) is 31.0 Å². The third-order valence-electron chi connectivity index (χ3n) is 5.94. The topological polar surface area (TPSA) is 123 Å². The van der Waals surface area contributed by atoms with Crippen LogP contribution in [0.2, 0.25) is 0 Å². The maximum Gasteiger partial charge on any atom is 0.258 e. The number of ether oxygens (including phenoxy) is 1. The molecule has 184 valence electrons. The number of nitrogens with zero attached hydrogens (tertiary/aromatic N) is 4. The lowest BCUT2D eigenvalue weighted by Gasteiger charge is -2.14. The van der Waals surface area contributed by atoms with Crippen molar-refractivity contribution in [2.75, 3.05) is 18.5 Å². The van der Waals surface area contributed by atoms with Crippen molar-refractivity contribution in [3.8, 4) is 16.9 Å². The van der Waals surface area contributed by atoms with Crippen molar-refractivity contribution in [1.82, 2.24) is 30.4 Å². The Kier molecular flexibility index (Phi) is 6.48. The molecule has 1 unspecified atom stereocenters. The summed E-state index contributed by atoms with van der Waals surface area (Å²) in [6, 6.07) is 11.6. The zero-order valence-corrected chi connectivity index (χ0v) is 20.1. The molecule has 4 aromatic rings. The highest BCUT2D eigenvalue weighted by atomic mass is 16.5. The zero-order valence-electron chi connectivity index (χ0n) is 20.1. The van der Waals surface area contributed by atoms with E-state index in [4.69, 9.17) is 4.74 Å². The molecule has 0 radical (unpaired) electrons. The number of carbonyl (C=O) groups is 2. The number of amides is 2. The predicted octanol–water partition coefficient (Wildman–Crippen LogP) is 2.86. The highest BCUT2D eigenvalue weighted by molar-refractivity contribution is 5.81. The van der Waals surface area contributed by atoms with Crippen molar-refractivity contribution in [2.24, 2.45) is 7.05 Å². The molecule has 5 rings (SSSR count). The van der Waals surface area contributed by atoms with Crippen LogP contribution in [0.25, 0.3) is 22.0 Å². The van der Waals surface area contributed by atoms with Gasteiger partial charge in [-0.05, 0) is 43.2 Å². The molecule has 1 fully saturated rings. The number of benzene rings is 2. The van der Waals surface area contributed by atoms with Crippen LogP contribution in [-0.4, -0.2) is 50.8 Å². The molecule has 36 heavy (non-hydrogen) atoms. The lowest BCUT2D eigenvalue weighted by Crippen LogP contribution is -2.40. The summed E-state index contributed by atoms with van der Waals surface area (Å²) < 4.78 is 7.55. The Morgan fingerprint density at radius 2 is 2.08 bits per heavy atom. The number of anilines is 2. The van der Waals surface area contributed by atoms with Crippen LogP contribution in [0.4, 0.5) is 11.6 Å². The molecular formula is C26H27N7O3. The fraction of sp³-hybridized carbons (Fsp3) is 0.269. The van der Waals surface area contributed by atoms with Crippen LogP contribution in [0.15, 0.2) is 55.0 Å². The van der Waals surface area contributed by atoms with Gasteiger partial charge in [-0.3, -0.25) is 14.3 Å². The first kappa shape index (κ1) is 23.3. The van der Waals surface area contributed by atoms with Gasteiger partial charge in [0.25, 0.3) is 5.91 Å². The van der Waals surface area contributed by atoms with E-state index >= 15 is 0 Å². The van der Waals surface area contributed by atoms with Crippen LogP contribution in [0.3, 0.4) is 0 Å². The number of nitrogens with one attached hydrogen (secondary N) is 3. The Hall–Kier alpha value is -4.47. The van der Waals surface area contributed by atoms with Crippen molar-refractivity contribution in [2.45, 2.75) is 25.8 Å². The summed E-state index contributed by atoms with van der Waals surface area (Å²) >= 11 is 0. The third-order valence-corrected chi connectivity index (χ3v) is 5.94. The molecule has 0 bridgehead atoms. The molecule has 1 aliphatic heterocycles. The Balaban J connectivity index is 1.32. The first-order valence-corrected chi connectivity index (χ1v) is 11.7. The number of rotatable bonds is 8. The van der Waals surface area contributed by atoms with E-state index in [1.807, 2.05) is 50.5 Å². The summed E-state index contributed by atoms with van der Waals surface area (Å²) in [7, 11) is 1.85. The lowest BCUT2D eigenvalue weighted by molar-refractivity contribution is -0.123. The largest absolute Gasteiger partial charge is 0.484 e. The van der Waals surface area contributed by atoms with Crippen LogP contribution in [-0.2, 0) is 16.6 Å². The number of aryl methyl sites for hydroxylation is 2. The quantitative estimate of drug-likeness (QED) is 0.351. The molecule has 1 atom stereocenters. The van der Waals surface area contributed by atoms with E-state index in [-0.39, 0.29) is 24.5 Å². The molecule has 10 heteroatoms. The van der Waals surface area contributed by atoms with Crippen molar-refractivity contribution >= 4 is 34.4 Å². The highest BCUT2D eigenvalue weighted by Gasteiger charge is 2.21. The van der Waals surface area contributed by atoms with Gasteiger partial charge in [-0.2, -0.15) is 5.10 Å². The Bertz CT molecular complexity index is 1430. The number of hydrogen-bond acceptors (Lipinski definition) is 7. The van der Waals surface area contributed by atoms with E-state index in [0.29, 0.717) is 30.4 Å². The van der Waals surface area contributed by atoms with Gasteiger partial charge in [-0.1, -0.05) is 11.6 Å². The van der Waals surface area contributed by atoms with Crippen LogP contribution < -0.4 is 20.7 Å². The fourth-order valence-electron chi connectivity index (χ4n) is 4.10. The molecule has 0 saturated carbocycles. The zero-order chi connectivity index (χ0) is 25.1.